The third-order valence-corrected chi connectivity index (χ3v) is 5.70. The Morgan fingerprint density at radius 3 is 2.63 bits per heavy atom. The number of anilines is 1. The molecule has 30 heavy (non-hydrogen) atoms. The molecule has 0 aliphatic carbocycles. The van der Waals surface area contributed by atoms with Gasteiger partial charge >= 0.3 is 0 Å². The summed E-state index contributed by atoms with van der Waals surface area (Å²) in [6.45, 7) is 2.54. The van der Waals surface area contributed by atoms with E-state index in [2.05, 4.69) is 10.2 Å². The maximum Gasteiger partial charge on any atom is 0.237 e. The minimum atomic E-state index is 0.0111. The van der Waals surface area contributed by atoms with Gasteiger partial charge in [0.2, 0.25) is 5.91 Å². The minimum absolute atomic E-state index is 0.0111. The lowest BCUT2D eigenvalue weighted by molar-refractivity contribution is -0.116. The van der Waals surface area contributed by atoms with Crippen LogP contribution in [0.4, 0.5) is 5.69 Å². The summed E-state index contributed by atoms with van der Waals surface area (Å²) < 4.78 is 7.24. The first-order chi connectivity index (χ1) is 14.6. The average molecular weight is 419 g/mol. The molecule has 2 aromatic heterocycles. The molecule has 0 saturated carbocycles. The van der Waals surface area contributed by atoms with Crippen LogP contribution in [0.3, 0.4) is 0 Å². The highest BCUT2D eigenvalue weighted by molar-refractivity contribution is 7.99. The Morgan fingerprint density at radius 2 is 1.90 bits per heavy atom. The van der Waals surface area contributed by atoms with Gasteiger partial charge in [-0.25, -0.2) is 0 Å². The molecule has 4 aromatic rings. The van der Waals surface area contributed by atoms with E-state index in [4.69, 9.17) is 4.42 Å². The van der Waals surface area contributed by atoms with Gasteiger partial charge in [-0.1, -0.05) is 54.2 Å². The molecule has 4 rings (SSSR count). The molecular weight excluding hydrogens is 396 g/mol. The summed E-state index contributed by atoms with van der Waals surface area (Å²) in [4.78, 5) is 15.0. The van der Waals surface area contributed by atoms with E-state index in [-0.39, 0.29) is 11.7 Å². The maximum absolute atomic E-state index is 13.2. The molecule has 0 radical (unpaired) electrons. The Hall–Kier alpha value is -3.32. The molecule has 0 N–H and O–H groups in total. The third-order valence-electron chi connectivity index (χ3n) is 4.70. The van der Waals surface area contributed by atoms with Crippen molar-refractivity contribution in [1.82, 2.24) is 14.8 Å². The summed E-state index contributed by atoms with van der Waals surface area (Å²) in [6.07, 6.45) is 1.60. The molecule has 0 saturated heterocycles. The van der Waals surface area contributed by atoms with Crippen molar-refractivity contribution in [3.05, 3.63) is 84.1 Å². The Morgan fingerprint density at radius 1 is 1.07 bits per heavy atom. The van der Waals surface area contributed by atoms with Crippen LogP contribution in [0.1, 0.15) is 11.1 Å². The van der Waals surface area contributed by atoms with Crippen molar-refractivity contribution in [2.24, 2.45) is 7.05 Å². The van der Waals surface area contributed by atoms with E-state index < -0.39 is 0 Å². The van der Waals surface area contributed by atoms with Crippen LogP contribution < -0.4 is 4.90 Å². The maximum atomic E-state index is 13.2. The highest BCUT2D eigenvalue weighted by atomic mass is 32.2. The summed E-state index contributed by atoms with van der Waals surface area (Å²) in [5.74, 6) is 1.55. The van der Waals surface area contributed by atoms with Crippen LogP contribution >= 0.6 is 11.8 Å². The minimum Gasteiger partial charge on any atom is -0.461 e. The molecule has 152 valence electrons. The first-order valence-corrected chi connectivity index (χ1v) is 10.6. The zero-order valence-electron chi connectivity index (χ0n) is 16.9. The number of nitrogens with zero attached hydrogens (tertiary/aromatic N) is 4. The first-order valence-electron chi connectivity index (χ1n) is 9.59. The number of hydrogen-bond donors (Lipinski definition) is 0. The standard InChI is InChI=1S/C23H22N4O2S/c1-17-8-6-11-19(14-17)27(15-18-9-4-3-5-10-18)21(28)16-30-23-25-24-22(26(23)2)20-12-7-13-29-20/h3-14H,15-16H2,1-2H3. The lowest BCUT2D eigenvalue weighted by Crippen LogP contribution is -2.32. The second kappa shape index (κ2) is 9.00. The predicted molar refractivity (Wildman–Crippen MR) is 118 cm³/mol. The number of thioether (sulfide) groups is 1. The number of carbonyl (C=O) groups is 1. The van der Waals surface area contributed by atoms with Crippen molar-refractivity contribution >= 4 is 23.4 Å². The summed E-state index contributed by atoms with van der Waals surface area (Å²) in [7, 11) is 1.87. The lowest BCUT2D eigenvalue weighted by atomic mass is 10.1. The largest absolute Gasteiger partial charge is 0.461 e. The van der Waals surface area contributed by atoms with Crippen LogP contribution in [0.5, 0.6) is 0 Å². The van der Waals surface area contributed by atoms with Crippen molar-refractivity contribution in [1.29, 1.82) is 0 Å². The fourth-order valence-electron chi connectivity index (χ4n) is 3.15. The highest BCUT2D eigenvalue weighted by Gasteiger charge is 2.19. The first kappa shape index (κ1) is 20.0. The summed E-state index contributed by atoms with van der Waals surface area (Å²) in [5.41, 5.74) is 3.08. The van der Waals surface area contributed by atoms with Gasteiger partial charge in [-0.05, 0) is 42.3 Å². The van der Waals surface area contributed by atoms with Crippen LogP contribution in [-0.4, -0.2) is 26.4 Å². The molecule has 0 atom stereocenters. The van der Waals surface area contributed by atoms with Crippen LogP contribution in [0, 0.1) is 6.92 Å². The molecule has 0 bridgehead atoms. The molecule has 0 fully saturated rings. The number of carbonyl (C=O) groups excluding carboxylic acids is 1. The SMILES string of the molecule is Cc1cccc(N(Cc2ccccc2)C(=O)CSc2nnc(-c3ccco3)n2C)c1. The van der Waals surface area contributed by atoms with E-state index in [0.717, 1.165) is 16.8 Å². The molecule has 1 amide bonds. The number of aryl methyl sites for hydroxylation is 1. The van der Waals surface area contributed by atoms with Gasteiger partial charge in [0.25, 0.3) is 0 Å². The quantitative estimate of drug-likeness (QED) is 0.407. The number of hydrogen-bond acceptors (Lipinski definition) is 5. The average Bonchev–Trinajstić information content (AvgIpc) is 3.41. The van der Waals surface area contributed by atoms with Crippen molar-refractivity contribution in [2.75, 3.05) is 10.7 Å². The fraction of sp³-hybridized carbons (Fsp3) is 0.174. The van der Waals surface area contributed by atoms with Crippen molar-refractivity contribution in [2.45, 2.75) is 18.6 Å². The van der Waals surface area contributed by atoms with Crippen LogP contribution in [0.15, 0.2) is 82.6 Å². The monoisotopic (exact) mass is 418 g/mol. The summed E-state index contributed by atoms with van der Waals surface area (Å²) in [5, 5.41) is 9.08. The molecule has 7 heteroatoms. The van der Waals surface area contributed by atoms with Gasteiger partial charge in [-0.2, -0.15) is 0 Å². The predicted octanol–water partition coefficient (Wildman–Crippen LogP) is 4.71. The van der Waals surface area contributed by atoms with E-state index in [1.807, 2.05) is 90.2 Å². The van der Waals surface area contributed by atoms with Crippen LogP contribution in [0.2, 0.25) is 0 Å². The Kier molecular flexibility index (Phi) is 5.99. The molecule has 2 heterocycles. The Balaban J connectivity index is 1.52. The lowest BCUT2D eigenvalue weighted by Gasteiger charge is -2.23. The normalized spacial score (nSPS) is 10.9. The van der Waals surface area contributed by atoms with E-state index in [0.29, 0.717) is 23.3 Å². The van der Waals surface area contributed by atoms with Gasteiger partial charge in [0.05, 0.1) is 18.6 Å². The van der Waals surface area contributed by atoms with Crippen molar-refractivity contribution in [3.63, 3.8) is 0 Å². The number of furan rings is 1. The molecule has 0 spiro atoms. The van der Waals surface area contributed by atoms with Gasteiger partial charge in [0.15, 0.2) is 16.7 Å². The second-order valence-corrected chi connectivity index (χ2v) is 7.88. The topological polar surface area (TPSA) is 64.2 Å². The van der Waals surface area contributed by atoms with Crippen LogP contribution in [-0.2, 0) is 18.4 Å². The van der Waals surface area contributed by atoms with Crippen molar-refractivity contribution in [3.8, 4) is 11.6 Å². The van der Waals surface area contributed by atoms with Gasteiger partial charge in [-0.15, -0.1) is 10.2 Å². The number of benzene rings is 2. The molecule has 0 aliphatic heterocycles. The number of amides is 1. The summed E-state index contributed by atoms with van der Waals surface area (Å²) >= 11 is 1.37. The van der Waals surface area contributed by atoms with Gasteiger partial charge < -0.3 is 13.9 Å². The fourth-order valence-corrected chi connectivity index (χ4v) is 3.94. The Labute approximate surface area is 179 Å². The Bertz CT molecular complexity index is 1120. The van der Waals surface area contributed by atoms with Gasteiger partial charge in [0.1, 0.15) is 0 Å². The highest BCUT2D eigenvalue weighted by Crippen LogP contribution is 2.25. The van der Waals surface area contributed by atoms with E-state index >= 15 is 0 Å². The van der Waals surface area contributed by atoms with E-state index in [9.17, 15) is 4.79 Å². The van der Waals surface area contributed by atoms with E-state index in [1.54, 1.807) is 6.26 Å². The van der Waals surface area contributed by atoms with Gasteiger partial charge in [-0.3, -0.25) is 4.79 Å². The third kappa shape index (κ3) is 4.46. The number of rotatable bonds is 7. The van der Waals surface area contributed by atoms with E-state index in [1.165, 1.54) is 11.8 Å². The zero-order valence-corrected chi connectivity index (χ0v) is 17.7. The smallest absolute Gasteiger partial charge is 0.237 e. The number of aromatic nitrogens is 3. The second-order valence-electron chi connectivity index (χ2n) is 6.94. The molecule has 2 aromatic carbocycles. The molecule has 6 nitrogen and oxygen atoms in total. The summed E-state index contributed by atoms with van der Waals surface area (Å²) in [6, 6.07) is 21.6. The zero-order chi connectivity index (χ0) is 20.9. The molecule has 0 aliphatic rings. The molecular formula is C23H22N4O2S. The van der Waals surface area contributed by atoms with Gasteiger partial charge in [0, 0.05) is 12.7 Å². The van der Waals surface area contributed by atoms with Crippen LogP contribution in [0.25, 0.3) is 11.6 Å². The van der Waals surface area contributed by atoms with Crippen molar-refractivity contribution < 1.29 is 9.21 Å². The molecule has 0 unspecified atom stereocenters.